The third-order valence-electron chi connectivity index (χ3n) is 4.87. The van der Waals surface area contributed by atoms with E-state index in [4.69, 9.17) is 32.0 Å². The number of fused-ring (bicyclic) bond motifs is 1. The lowest BCUT2D eigenvalue weighted by atomic mass is 10.1. The predicted octanol–water partition coefficient (Wildman–Crippen LogP) is 7.72. The Balaban J connectivity index is 1.36. The number of halogens is 2. The van der Waals surface area contributed by atoms with Gasteiger partial charge in [0, 0.05) is 23.3 Å². The maximum Gasteiger partial charge on any atom is 0.269 e. The van der Waals surface area contributed by atoms with Crippen LogP contribution in [0, 0.1) is 10.1 Å². The van der Waals surface area contributed by atoms with Crippen molar-refractivity contribution in [3.05, 3.63) is 98.7 Å². The Kier molecular flexibility index (Phi) is 5.42. The Labute approximate surface area is 197 Å². The summed E-state index contributed by atoms with van der Waals surface area (Å²) in [4.78, 5) is 19.3. The van der Waals surface area contributed by atoms with Gasteiger partial charge in [-0.1, -0.05) is 23.2 Å². The van der Waals surface area contributed by atoms with Crippen LogP contribution in [-0.2, 0) is 0 Å². The molecule has 0 unspecified atom stereocenters. The van der Waals surface area contributed by atoms with Gasteiger partial charge in [0.1, 0.15) is 17.0 Å². The van der Waals surface area contributed by atoms with E-state index in [0.29, 0.717) is 44.2 Å². The van der Waals surface area contributed by atoms with Gasteiger partial charge >= 0.3 is 0 Å². The molecular formula is C24H13Cl2N3O4. The lowest BCUT2D eigenvalue weighted by Crippen LogP contribution is -1.86. The second kappa shape index (κ2) is 8.54. The second-order valence-corrected chi connectivity index (χ2v) is 7.88. The maximum atomic E-state index is 10.8. The predicted molar refractivity (Wildman–Crippen MR) is 128 cm³/mol. The van der Waals surface area contributed by atoms with Gasteiger partial charge in [-0.3, -0.25) is 15.1 Å². The van der Waals surface area contributed by atoms with E-state index in [-0.39, 0.29) is 5.69 Å². The summed E-state index contributed by atoms with van der Waals surface area (Å²) in [5, 5.41) is 11.7. The van der Waals surface area contributed by atoms with Gasteiger partial charge in [-0.05, 0) is 60.7 Å². The fourth-order valence-electron chi connectivity index (χ4n) is 3.21. The van der Waals surface area contributed by atoms with E-state index < -0.39 is 4.92 Å². The van der Waals surface area contributed by atoms with Crippen LogP contribution in [0.25, 0.3) is 33.9 Å². The first-order valence-corrected chi connectivity index (χ1v) is 10.5. The van der Waals surface area contributed by atoms with E-state index in [1.54, 1.807) is 60.8 Å². The zero-order chi connectivity index (χ0) is 22.9. The highest BCUT2D eigenvalue weighted by molar-refractivity contribution is 6.42. The summed E-state index contributed by atoms with van der Waals surface area (Å²) >= 11 is 12.1. The minimum atomic E-state index is -0.441. The lowest BCUT2D eigenvalue weighted by Gasteiger charge is -1.97. The average molecular weight is 478 g/mol. The summed E-state index contributed by atoms with van der Waals surface area (Å²) in [7, 11) is 0. The number of oxazole rings is 1. The first kappa shape index (κ1) is 20.9. The largest absolute Gasteiger partial charge is 0.455 e. The molecule has 33 heavy (non-hydrogen) atoms. The number of hydrogen-bond donors (Lipinski definition) is 0. The van der Waals surface area contributed by atoms with Crippen molar-refractivity contribution >= 4 is 51.9 Å². The van der Waals surface area contributed by atoms with Gasteiger partial charge in [-0.2, -0.15) is 0 Å². The Bertz CT molecular complexity index is 1520. The minimum Gasteiger partial charge on any atom is -0.455 e. The molecule has 0 aliphatic rings. The summed E-state index contributed by atoms with van der Waals surface area (Å²) in [6, 6.07) is 20.3. The van der Waals surface area contributed by atoms with Crippen LogP contribution < -0.4 is 0 Å². The number of aromatic nitrogens is 1. The van der Waals surface area contributed by atoms with Crippen LogP contribution in [-0.4, -0.2) is 16.1 Å². The normalized spacial score (nSPS) is 11.5. The van der Waals surface area contributed by atoms with Crippen LogP contribution in [0.5, 0.6) is 0 Å². The van der Waals surface area contributed by atoms with Crippen LogP contribution >= 0.6 is 23.2 Å². The molecule has 2 aromatic heterocycles. The van der Waals surface area contributed by atoms with Crippen molar-refractivity contribution in [2.24, 2.45) is 4.99 Å². The number of nitro groups is 1. The van der Waals surface area contributed by atoms with E-state index in [2.05, 4.69) is 9.98 Å². The molecule has 0 N–H and O–H groups in total. The molecule has 0 atom stereocenters. The van der Waals surface area contributed by atoms with Gasteiger partial charge in [0.2, 0.25) is 5.89 Å². The van der Waals surface area contributed by atoms with E-state index in [9.17, 15) is 10.1 Å². The number of rotatable bonds is 5. The molecular weight excluding hydrogens is 465 g/mol. The van der Waals surface area contributed by atoms with Crippen molar-refractivity contribution in [3.8, 4) is 22.8 Å². The van der Waals surface area contributed by atoms with Crippen LogP contribution in [0.3, 0.4) is 0 Å². The Morgan fingerprint density at radius 3 is 2.42 bits per heavy atom. The smallest absolute Gasteiger partial charge is 0.269 e. The van der Waals surface area contributed by atoms with E-state index in [1.807, 2.05) is 6.07 Å². The molecule has 0 radical (unpaired) electrons. The molecule has 5 rings (SSSR count). The van der Waals surface area contributed by atoms with E-state index >= 15 is 0 Å². The molecule has 3 aromatic carbocycles. The molecule has 9 heteroatoms. The van der Waals surface area contributed by atoms with Crippen molar-refractivity contribution in [2.75, 3.05) is 0 Å². The standard InChI is InChI=1S/C24H13Cl2N3O4/c25-19-8-3-15(11-20(19)26)24-28-21-12-16(4-9-23(21)33-24)27-13-18-7-10-22(32-18)14-1-5-17(6-2-14)29(30)31/h1-13H. The maximum absolute atomic E-state index is 10.8. The number of benzene rings is 3. The van der Waals surface area contributed by atoms with Crippen molar-refractivity contribution < 1.29 is 13.8 Å². The molecule has 2 heterocycles. The van der Waals surface area contributed by atoms with Crippen LogP contribution in [0.15, 0.2) is 86.6 Å². The number of nitro benzene ring substituents is 1. The second-order valence-electron chi connectivity index (χ2n) is 7.06. The Hall–Kier alpha value is -3.94. The van der Waals surface area contributed by atoms with E-state index in [0.717, 1.165) is 11.1 Å². The molecule has 0 spiro atoms. The SMILES string of the molecule is O=[N+]([O-])c1ccc(-c2ccc(C=Nc3ccc4oc(-c5ccc(Cl)c(Cl)c5)nc4c3)o2)cc1. The average Bonchev–Trinajstić information content (AvgIpc) is 3.46. The highest BCUT2D eigenvalue weighted by Gasteiger charge is 2.11. The van der Waals surface area contributed by atoms with Crippen LogP contribution in [0.1, 0.15) is 5.76 Å². The summed E-state index contributed by atoms with van der Waals surface area (Å²) in [6.07, 6.45) is 1.59. The van der Waals surface area contributed by atoms with Crippen molar-refractivity contribution in [3.63, 3.8) is 0 Å². The van der Waals surface area contributed by atoms with Crippen molar-refractivity contribution in [2.45, 2.75) is 0 Å². The fraction of sp³-hybridized carbons (Fsp3) is 0. The number of furan rings is 1. The van der Waals surface area contributed by atoms with Gasteiger partial charge in [-0.25, -0.2) is 4.98 Å². The first-order valence-electron chi connectivity index (χ1n) is 9.71. The molecule has 0 bridgehead atoms. The highest BCUT2D eigenvalue weighted by Crippen LogP contribution is 2.31. The first-order chi connectivity index (χ1) is 16.0. The Morgan fingerprint density at radius 2 is 1.67 bits per heavy atom. The van der Waals surface area contributed by atoms with Crippen LogP contribution in [0.2, 0.25) is 10.0 Å². The van der Waals surface area contributed by atoms with E-state index in [1.165, 1.54) is 12.1 Å². The summed E-state index contributed by atoms with van der Waals surface area (Å²) < 4.78 is 11.6. The lowest BCUT2D eigenvalue weighted by molar-refractivity contribution is -0.384. The zero-order valence-electron chi connectivity index (χ0n) is 16.7. The summed E-state index contributed by atoms with van der Waals surface area (Å²) in [6.45, 7) is 0. The summed E-state index contributed by atoms with van der Waals surface area (Å²) in [5.74, 6) is 1.56. The molecule has 0 aliphatic heterocycles. The third kappa shape index (κ3) is 4.37. The topological polar surface area (TPSA) is 94.7 Å². The van der Waals surface area contributed by atoms with Gasteiger partial charge in [0.25, 0.3) is 5.69 Å². The number of hydrogen-bond acceptors (Lipinski definition) is 6. The molecule has 0 aliphatic carbocycles. The van der Waals surface area contributed by atoms with Crippen LogP contribution in [0.4, 0.5) is 11.4 Å². The molecule has 5 aromatic rings. The number of aliphatic imine (C=N–C) groups is 1. The van der Waals surface area contributed by atoms with Gasteiger partial charge in [-0.15, -0.1) is 0 Å². The molecule has 0 saturated carbocycles. The molecule has 0 saturated heterocycles. The molecule has 7 nitrogen and oxygen atoms in total. The highest BCUT2D eigenvalue weighted by atomic mass is 35.5. The van der Waals surface area contributed by atoms with Gasteiger partial charge in [0.05, 0.1) is 26.9 Å². The third-order valence-corrected chi connectivity index (χ3v) is 5.61. The number of non-ortho nitro benzene ring substituents is 1. The monoisotopic (exact) mass is 477 g/mol. The summed E-state index contributed by atoms with van der Waals surface area (Å²) in [5.41, 5.74) is 3.42. The van der Waals surface area contributed by atoms with Gasteiger partial charge < -0.3 is 8.83 Å². The zero-order valence-corrected chi connectivity index (χ0v) is 18.2. The van der Waals surface area contributed by atoms with Crippen molar-refractivity contribution in [1.29, 1.82) is 0 Å². The quantitative estimate of drug-likeness (QED) is 0.146. The van der Waals surface area contributed by atoms with Crippen molar-refractivity contribution in [1.82, 2.24) is 4.98 Å². The minimum absolute atomic E-state index is 0.0256. The Morgan fingerprint density at radius 1 is 0.879 bits per heavy atom. The molecule has 0 amide bonds. The number of nitrogens with zero attached hydrogens (tertiary/aromatic N) is 3. The van der Waals surface area contributed by atoms with Gasteiger partial charge in [0.15, 0.2) is 5.58 Å². The fourth-order valence-corrected chi connectivity index (χ4v) is 3.51. The molecule has 0 fully saturated rings. The molecule has 162 valence electrons.